The summed E-state index contributed by atoms with van der Waals surface area (Å²) in [6, 6.07) is 12.7. The van der Waals surface area contributed by atoms with Gasteiger partial charge >= 0.3 is 0 Å². The Morgan fingerprint density at radius 1 is 1.16 bits per heavy atom. The number of anilines is 2. The molecule has 0 atom stereocenters. The molecule has 1 amide bonds. The number of nitrogens with two attached hydrogens (primary N) is 1. The molecule has 0 saturated carbocycles. The van der Waals surface area contributed by atoms with Crippen LogP contribution in [-0.2, 0) is 4.79 Å². The molecule has 1 fully saturated rings. The number of amides is 1. The smallest absolute Gasteiger partial charge is 0.225 e. The molecule has 31 heavy (non-hydrogen) atoms. The van der Waals surface area contributed by atoms with Crippen molar-refractivity contribution in [2.75, 3.05) is 30.7 Å². The van der Waals surface area contributed by atoms with Crippen LogP contribution < -0.4 is 11.1 Å². The first kappa shape index (κ1) is 20.7. The van der Waals surface area contributed by atoms with E-state index in [4.69, 9.17) is 11.1 Å². The van der Waals surface area contributed by atoms with Crippen molar-refractivity contribution in [3.05, 3.63) is 59.9 Å². The van der Waals surface area contributed by atoms with Crippen molar-refractivity contribution >= 4 is 23.0 Å². The number of nitrogens with zero attached hydrogens (tertiary/aromatic N) is 3. The number of hydrogen-bond acceptors (Lipinski definition) is 6. The summed E-state index contributed by atoms with van der Waals surface area (Å²) in [5.74, 6) is 0.602. The number of nitrogen functional groups attached to an aromatic ring is 1. The number of likely N-dealkylation sites (tertiary alicyclic amines) is 1. The molecule has 3 aromatic rings. The SMILES string of the molecule is N=C(c1cccc(NC(=O)CCN2CCCCC2)c1)c1cc(-c2ncn[nH]2)ccc1N. The van der Waals surface area contributed by atoms with Crippen LogP contribution in [0, 0.1) is 5.41 Å². The fourth-order valence-corrected chi connectivity index (χ4v) is 3.84. The molecule has 1 saturated heterocycles. The maximum Gasteiger partial charge on any atom is 0.225 e. The highest BCUT2D eigenvalue weighted by atomic mass is 16.1. The van der Waals surface area contributed by atoms with Crippen LogP contribution in [0.2, 0.25) is 0 Å². The monoisotopic (exact) mass is 417 g/mol. The van der Waals surface area contributed by atoms with Crippen LogP contribution >= 0.6 is 0 Å². The van der Waals surface area contributed by atoms with Crippen LogP contribution in [0.4, 0.5) is 11.4 Å². The Kier molecular flexibility index (Phi) is 6.37. The highest BCUT2D eigenvalue weighted by Gasteiger charge is 2.14. The molecule has 4 rings (SSSR count). The summed E-state index contributed by atoms with van der Waals surface area (Å²) >= 11 is 0. The lowest BCUT2D eigenvalue weighted by molar-refractivity contribution is -0.116. The Balaban J connectivity index is 1.44. The van der Waals surface area contributed by atoms with E-state index in [1.54, 1.807) is 6.07 Å². The summed E-state index contributed by atoms with van der Waals surface area (Å²) in [6.07, 6.45) is 5.62. The van der Waals surface area contributed by atoms with E-state index < -0.39 is 0 Å². The van der Waals surface area contributed by atoms with Crippen molar-refractivity contribution in [1.29, 1.82) is 5.41 Å². The van der Waals surface area contributed by atoms with Gasteiger partial charge in [-0.2, -0.15) is 5.10 Å². The van der Waals surface area contributed by atoms with E-state index in [0.717, 1.165) is 25.2 Å². The third-order valence-corrected chi connectivity index (χ3v) is 5.55. The fraction of sp³-hybridized carbons (Fsp3) is 0.304. The maximum atomic E-state index is 12.4. The molecule has 160 valence electrons. The number of carbonyl (C=O) groups excluding carboxylic acids is 1. The third kappa shape index (κ3) is 5.16. The highest BCUT2D eigenvalue weighted by molar-refractivity contribution is 6.14. The molecule has 0 spiro atoms. The summed E-state index contributed by atoms with van der Waals surface area (Å²) in [5, 5.41) is 18.3. The Hall–Kier alpha value is -3.52. The molecule has 8 heteroatoms. The fourth-order valence-electron chi connectivity index (χ4n) is 3.84. The molecule has 0 unspecified atom stereocenters. The largest absolute Gasteiger partial charge is 0.398 e. The number of benzene rings is 2. The first-order chi connectivity index (χ1) is 15.1. The van der Waals surface area contributed by atoms with Crippen LogP contribution in [0.25, 0.3) is 11.4 Å². The van der Waals surface area contributed by atoms with Gasteiger partial charge < -0.3 is 16.0 Å². The predicted octanol–water partition coefficient (Wildman–Crippen LogP) is 3.28. The zero-order valence-electron chi connectivity index (χ0n) is 17.4. The standard InChI is InChI=1S/C23H27N7O/c24-20-8-7-17(23-26-15-27-29-23)14-19(20)22(25)16-5-4-6-18(13-16)28-21(31)9-12-30-10-2-1-3-11-30/h4-8,13-15,25H,1-3,9-12,24H2,(H,28,31)(H,26,27,29). The molecule has 5 N–H and O–H groups in total. The van der Waals surface area contributed by atoms with E-state index in [1.807, 2.05) is 36.4 Å². The molecule has 0 radical (unpaired) electrons. The number of H-pyrrole nitrogens is 1. The van der Waals surface area contributed by atoms with Gasteiger partial charge in [-0.05, 0) is 56.3 Å². The van der Waals surface area contributed by atoms with Gasteiger partial charge in [-0.15, -0.1) is 0 Å². The van der Waals surface area contributed by atoms with Crippen LogP contribution in [0.15, 0.2) is 48.8 Å². The van der Waals surface area contributed by atoms with Crippen molar-refractivity contribution in [2.45, 2.75) is 25.7 Å². The van der Waals surface area contributed by atoms with E-state index in [1.165, 1.54) is 25.6 Å². The van der Waals surface area contributed by atoms with E-state index in [2.05, 4.69) is 25.4 Å². The number of nitrogens with one attached hydrogen (secondary N) is 3. The second-order valence-corrected chi connectivity index (χ2v) is 7.79. The van der Waals surface area contributed by atoms with Crippen LogP contribution in [0.5, 0.6) is 0 Å². The van der Waals surface area contributed by atoms with Gasteiger partial charge in [0.15, 0.2) is 5.82 Å². The zero-order valence-corrected chi connectivity index (χ0v) is 17.4. The third-order valence-electron chi connectivity index (χ3n) is 5.55. The quantitative estimate of drug-likeness (QED) is 0.347. The molecule has 0 bridgehead atoms. The summed E-state index contributed by atoms with van der Waals surface area (Å²) in [7, 11) is 0. The van der Waals surface area contributed by atoms with Crippen LogP contribution in [-0.4, -0.2) is 51.3 Å². The average Bonchev–Trinajstić information content (AvgIpc) is 3.33. The molecule has 2 aromatic carbocycles. The number of piperidine rings is 1. The molecule has 1 aliphatic rings. The Labute approximate surface area is 181 Å². The average molecular weight is 418 g/mol. The van der Waals surface area contributed by atoms with E-state index >= 15 is 0 Å². The van der Waals surface area contributed by atoms with Gasteiger partial charge in [0.25, 0.3) is 0 Å². The molecular weight excluding hydrogens is 390 g/mol. The molecule has 2 heterocycles. The number of hydrogen-bond donors (Lipinski definition) is 4. The second-order valence-electron chi connectivity index (χ2n) is 7.79. The minimum atomic E-state index is -0.0129. The lowest BCUT2D eigenvalue weighted by Crippen LogP contribution is -2.32. The number of carbonyl (C=O) groups is 1. The Bertz CT molecular complexity index is 1060. The minimum Gasteiger partial charge on any atom is -0.398 e. The molecular formula is C23H27N7O. The van der Waals surface area contributed by atoms with Crippen molar-refractivity contribution in [2.24, 2.45) is 0 Å². The van der Waals surface area contributed by atoms with Gasteiger partial charge in [0.1, 0.15) is 6.33 Å². The lowest BCUT2D eigenvalue weighted by atomic mass is 9.98. The summed E-state index contributed by atoms with van der Waals surface area (Å²) in [4.78, 5) is 18.9. The van der Waals surface area contributed by atoms with Crippen LogP contribution in [0.3, 0.4) is 0 Å². The van der Waals surface area contributed by atoms with Gasteiger partial charge in [-0.1, -0.05) is 18.6 Å². The molecule has 8 nitrogen and oxygen atoms in total. The Morgan fingerprint density at radius 3 is 2.77 bits per heavy atom. The number of rotatable bonds is 7. The van der Waals surface area contributed by atoms with Gasteiger partial charge in [0, 0.05) is 41.0 Å². The number of aromatic nitrogens is 3. The van der Waals surface area contributed by atoms with E-state index in [-0.39, 0.29) is 11.6 Å². The maximum absolute atomic E-state index is 12.4. The van der Waals surface area contributed by atoms with Gasteiger partial charge in [0.2, 0.25) is 5.91 Å². The molecule has 0 aliphatic carbocycles. The first-order valence-electron chi connectivity index (χ1n) is 10.6. The van der Waals surface area contributed by atoms with Crippen molar-refractivity contribution in [3.8, 4) is 11.4 Å². The van der Waals surface area contributed by atoms with Crippen molar-refractivity contribution < 1.29 is 4.79 Å². The lowest BCUT2D eigenvalue weighted by Gasteiger charge is -2.25. The molecule has 1 aromatic heterocycles. The van der Waals surface area contributed by atoms with Crippen LogP contribution in [0.1, 0.15) is 36.8 Å². The van der Waals surface area contributed by atoms with Gasteiger partial charge in [-0.3, -0.25) is 15.3 Å². The first-order valence-corrected chi connectivity index (χ1v) is 10.6. The zero-order chi connectivity index (χ0) is 21.6. The molecule has 1 aliphatic heterocycles. The summed E-state index contributed by atoms with van der Waals surface area (Å²) in [6.45, 7) is 2.94. The van der Waals surface area contributed by atoms with Gasteiger partial charge in [-0.25, -0.2) is 4.98 Å². The van der Waals surface area contributed by atoms with Crippen molar-refractivity contribution in [1.82, 2.24) is 20.1 Å². The topological polar surface area (TPSA) is 124 Å². The second kappa shape index (κ2) is 9.53. The predicted molar refractivity (Wildman–Crippen MR) is 122 cm³/mol. The summed E-state index contributed by atoms with van der Waals surface area (Å²) < 4.78 is 0. The number of aromatic amines is 1. The highest BCUT2D eigenvalue weighted by Crippen LogP contribution is 2.24. The summed E-state index contributed by atoms with van der Waals surface area (Å²) in [5.41, 5.74) is 9.69. The van der Waals surface area contributed by atoms with Crippen molar-refractivity contribution in [3.63, 3.8) is 0 Å². The Morgan fingerprint density at radius 2 is 2.00 bits per heavy atom. The van der Waals surface area contributed by atoms with E-state index in [9.17, 15) is 4.79 Å². The van der Waals surface area contributed by atoms with Gasteiger partial charge in [0.05, 0.1) is 5.71 Å². The normalized spacial score (nSPS) is 14.3. The minimum absolute atomic E-state index is 0.0129. The van der Waals surface area contributed by atoms with E-state index in [0.29, 0.717) is 34.7 Å².